The number of benzene rings is 3. The molecule has 0 bridgehead atoms. The molecule has 0 saturated heterocycles. The normalized spacial score (nSPS) is 11.5. The molecule has 0 N–H and O–H groups in total. The van der Waals surface area contributed by atoms with Crippen LogP contribution < -0.4 is 11.2 Å². The average molecular weight is 499 g/mol. The van der Waals surface area contributed by atoms with Gasteiger partial charge in [0.1, 0.15) is 16.3 Å². The Labute approximate surface area is 186 Å². The molecule has 31 heavy (non-hydrogen) atoms. The van der Waals surface area contributed by atoms with E-state index in [1.165, 1.54) is 34.1 Å². The first kappa shape index (κ1) is 19.8. The van der Waals surface area contributed by atoms with Crippen molar-refractivity contribution in [3.63, 3.8) is 0 Å². The fourth-order valence-corrected chi connectivity index (χ4v) is 5.14. The second-order valence-corrected chi connectivity index (χ2v) is 8.94. The first-order chi connectivity index (χ1) is 15.0. The summed E-state index contributed by atoms with van der Waals surface area (Å²) in [7, 11) is 0. The van der Waals surface area contributed by atoms with Gasteiger partial charge in [-0.05, 0) is 30.3 Å². The quantitative estimate of drug-likeness (QED) is 0.331. The summed E-state index contributed by atoms with van der Waals surface area (Å²) in [5.74, 6) is -1.18. The number of hydrogen-bond donors (Lipinski definition) is 0. The monoisotopic (exact) mass is 498 g/mol. The summed E-state index contributed by atoms with van der Waals surface area (Å²) in [4.78, 5) is 26.9. The van der Waals surface area contributed by atoms with Crippen molar-refractivity contribution < 1.29 is 8.78 Å². The highest BCUT2D eigenvalue weighted by atomic mass is 79.9. The summed E-state index contributed by atoms with van der Waals surface area (Å²) in [6.07, 6.45) is 0. The summed E-state index contributed by atoms with van der Waals surface area (Å²) in [5.41, 5.74) is -0.771. The molecule has 0 amide bonds. The number of halogens is 3. The standard InChI is InChI=1S/C23H13BrF2N2O2S/c24-14-9-10-18(17(26)11-14)28-22(29)21-20(15-6-2-4-8-19(15)31-21)27(23(28)30)12-13-5-1-3-7-16(13)25/h1-11H,12H2. The van der Waals surface area contributed by atoms with Gasteiger partial charge in [-0.2, -0.15) is 0 Å². The predicted molar refractivity (Wildman–Crippen MR) is 122 cm³/mol. The van der Waals surface area contributed by atoms with E-state index in [4.69, 9.17) is 0 Å². The minimum absolute atomic E-state index is 0.0961. The lowest BCUT2D eigenvalue weighted by Gasteiger charge is -2.14. The molecule has 0 fully saturated rings. The molecule has 8 heteroatoms. The van der Waals surface area contributed by atoms with Crippen molar-refractivity contribution in [1.29, 1.82) is 0 Å². The Bertz CT molecular complexity index is 1600. The molecular formula is C23H13BrF2N2O2S. The second-order valence-electron chi connectivity index (χ2n) is 6.97. The molecule has 0 unspecified atom stereocenters. The van der Waals surface area contributed by atoms with Crippen LogP contribution in [0.2, 0.25) is 0 Å². The Morgan fingerprint density at radius 3 is 2.42 bits per heavy atom. The van der Waals surface area contributed by atoms with Crippen molar-refractivity contribution in [2.24, 2.45) is 0 Å². The molecule has 0 aliphatic rings. The van der Waals surface area contributed by atoms with Crippen molar-refractivity contribution in [2.75, 3.05) is 0 Å². The van der Waals surface area contributed by atoms with Crippen molar-refractivity contribution >= 4 is 47.6 Å². The van der Waals surface area contributed by atoms with Gasteiger partial charge >= 0.3 is 5.69 Å². The molecule has 2 heterocycles. The van der Waals surface area contributed by atoms with Gasteiger partial charge in [0.05, 0.1) is 17.7 Å². The molecule has 0 radical (unpaired) electrons. The van der Waals surface area contributed by atoms with Crippen LogP contribution in [-0.4, -0.2) is 9.13 Å². The van der Waals surface area contributed by atoms with Crippen LogP contribution in [0.25, 0.3) is 26.0 Å². The molecule has 5 aromatic rings. The number of fused-ring (bicyclic) bond motifs is 3. The first-order valence-corrected chi connectivity index (χ1v) is 10.9. The number of thiophene rings is 1. The van der Waals surface area contributed by atoms with Crippen LogP contribution in [0.1, 0.15) is 5.56 Å². The van der Waals surface area contributed by atoms with Crippen molar-refractivity contribution in [2.45, 2.75) is 6.54 Å². The third-order valence-electron chi connectivity index (χ3n) is 5.10. The van der Waals surface area contributed by atoms with E-state index in [2.05, 4.69) is 15.9 Å². The van der Waals surface area contributed by atoms with E-state index >= 15 is 0 Å². The fraction of sp³-hybridized carbons (Fsp3) is 0.0435. The molecule has 2 aromatic heterocycles. The highest BCUT2D eigenvalue weighted by Crippen LogP contribution is 2.31. The summed E-state index contributed by atoms with van der Waals surface area (Å²) in [6, 6.07) is 17.6. The number of hydrogen-bond acceptors (Lipinski definition) is 3. The molecule has 3 aromatic carbocycles. The molecule has 0 saturated carbocycles. The lowest BCUT2D eigenvalue weighted by atomic mass is 10.2. The maximum atomic E-state index is 14.7. The van der Waals surface area contributed by atoms with E-state index in [1.54, 1.807) is 24.3 Å². The van der Waals surface area contributed by atoms with Gasteiger partial charge in [0.25, 0.3) is 5.56 Å². The van der Waals surface area contributed by atoms with E-state index in [9.17, 15) is 18.4 Å². The van der Waals surface area contributed by atoms with Crippen LogP contribution in [0, 0.1) is 11.6 Å². The zero-order valence-corrected chi connectivity index (χ0v) is 18.2. The highest BCUT2D eigenvalue weighted by molar-refractivity contribution is 9.10. The Kier molecular flexibility index (Phi) is 4.83. The zero-order valence-electron chi connectivity index (χ0n) is 15.8. The van der Waals surface area contributed by atoms with E-state index in [0.29, 0.717) is 20.3 Å². The van der Waals surface area contributed by atoms with Gasteiger partial charge in [-0.1, -0.05) is 52.3 Å². The largest absolute Gasteiger partial charge is 0.336 e. The number of nitrogens with zero attached hydrogens (tertiary/aromatic N) is 2. The van der Waals surface area contributed by atoms with Crippen LogP contribution in [0.5, 0.6) is 0 Å². The molecular weight excluding hydrogens is 486 g/mol. The summed E-state index contributed by atoms with van der Waals surface area (Å²) in [5, 5.41) is 0.719. The topological polar surface area (TPSA) is 44.0 Å². The minimum Gasteiger partial charge on any atom is -0.287 e. The van der Waals surface area contributed by atoms with Crippen molar-refractivity contribution in [3.05, 3.63) is 109 Å². The maximum Gasteiger partial charge on any atom is 0.336 e. The van der Waals surface area contributed by atoms with Gasteiger partial charge in [-0.3, -0.25) is 9.36 Å². The SMILES string of the molecule is O=c1c2sc3ccccc3c2n(Cc2ccccc2F)c(=O)n1-c1ccc(Br)cc1F. The van der Waals surface area contributed by atoms with E-state index in [-0.39, 0.29) is 12.2 Å². The second kappa shape index (κ2) is 7.55. The molecule has 5 rings (SSSR count). The van der Waals surface area contributed by atoms with Gasteiger partial charge in [0.15, 0.2) is 0 Å². The Morgan fingerprint density at radius 2 is 1.65 bits per heavy atom. The molecule has 0 aliphatic heterocycles. The smallest absolute Gasteiger partial charge is 0.287 e. The Balaban J connectivity index is 1.92. The molecule has 0 spiro atoms. The van der Waals surface area contributed by atoms with Gasteiger partial charge in [-0.25, -0.2) is 18.1 Å². The Morgan fingerprint density at radius 1 is 0.903 bits per heavy atom. The van der Waals surface area contributed by atoms with Crippen molar-refractivity contribution in [1.82, 2.24) is 9.13 Å². The number of rotatable bonds is 3. The van der Waals surface area contributed by atoms with Gasteiger partial charge < -0.3 is 0 Å². The third kappa shape index (κ3) is 3.23. The van der Waals surface area contributed by atoms with Gasteiger partial charge in [0.2, 0.25) is 0 Å². The molecule has 0 aliphatic carbocycles. The lowest BCUT2D eigenvalue weighted by molar-refractivity contribution is 0.588. The van der Waals surface area contributed by atoms with Crippen LogP contribution in [0.4, 0.5) is 8.78 Å². The van der Waals surface area contributed by atoms with E-state index in [0.717, 1.165) is 14.7 Å². The Hall–Kier alpha value is -3.10. The minimum atomic E-state index is -0.731. The summed E-state index contributed by atoms with van der Waals surface area (Å²) < 4.78 is 32.9. The van der Waals surface area contributed by atoms with Crippen molar-refractivity contribution in [3.8, 4) is 5.69 Å². The van der Waals surface area contributed by atoms with Gasteiger partial charge in [0, 0.05) is 20.1 Å². The van der Waals surface area contributed by atoms with Gasteiger partial charge in [-0.15, -0.1) is 11.3 Å². The van der Waals surface area contributed by atoms with Crippen LogP contribution >= 0.6 is 27.3 Å². The lowest BCUT2D eigenvalue weighted by Crippen LogP contribution is -2.39. The van der Waals surface area contributed by atoms with E-state index in [1.807, 2.05) is 24.3 Å². The molecule has 4 nitrogen and oxygen atoms in total. The molecule has 0 atom stereocenters. The highest BCUT2D eigenvalue weighted by Gasteiger charge is 2.21. The number of aromatic nitrogens is 2. The predicted octanol–water partition coefficient (Wildman–Crippen LogP) is 5.46. The van der Waals surface area contributed by atoms with Crippen LogP contribution in [0.3, 0.4) is 0 Å². The fourth-order valence-electron chi connectivity index (χ4n) is 3.67. The third-order valence-corrected chi connectivity index (χ3v) is 6.74. The zero-order chi connectivity index (χ0) is 21.7. The maximum absolute atomic E-state index is 14.7. The first-order valence-electron chi connectivity index (χ1n) is 9.31. The van der Waals surface area contributed by atoms with Crippen LogP contribution in [0.15, 0.2) is 80.8 Å². The summed E-state index contributed by atoms with van der Waals surface area (Å²) in [6.45, 7) is -0.0961. The molecule has 154 valence electrons. The van der Waals surface area contributed by atoms with Crippen LogP contribution in [-0.2, 0) is 6.54 Å². The average Bonchev–Trinajstić information content (AvgIpc) is 3.14. The summed E-state index contributed by atoms with van der Waals surface area (Å²) >= 11 is 4.41. The van der Waals surface area contributed by atoms with E-state index < -0.39 is 22.9 Å².